The molecule has 17 heavy (non-hydrogen) atoms. The van der Waals surface area contributed by atoms with E-state index in [0.29, 0.717) is 18.5 Å². The van der Waals surface area contributed by atoms with Gasteiger partial charge in [-0.05, 0) is 13.3 Å². The zero-order chi connectivity index (χ0) is 12.8. The lowest BCUT2D eigenvalue weighted by Crippen LogP contribution is -2.28. The molecule has 1 aliphatic heterocycles. The van der Waals surface area contributed by atoms with Crippen LogP contribution in [-0.4, -0.2) is 32.7 Å². The number of rotatable bonds is 2. The fourth-order valence-electron chi connectivity index (χ4n) is 1.58. The highest BCUT2D eigenvalue weighted by molar-refractivity contribution is 6.00. The molecule has 0 aliphatic carbocycles. The Morgan fingerprint density at radius 1 is 1.24 bits per heavy atom. The summed E-state index contributed by atoms with van der Waals surface area (Å²) in [6.07, 6.45) is 3.13. The van der Waals surface area contributed by atoms with Gasteiger partial charge in [-0.3, -0.25) is 0 Å². The van der Waals surface area contributed by atoms with Gasteiger partial charge in [0, 0.05) is 13.0 Å². The predicted octanol–water partition coefficient (Wildman–Crippen LogP) is 0.916. The van der Waals surface area contributed by atoms with Gasteiger partial charge in [0.2, 0.25) is 0 Å². The molecule has 1 aliphatic rings. The number of esters is 2. The van der Waals surface area contributed by atoms with Crippen molar-refractivity contribution in [2.24, 2.45) is 0 Å². The summed E-state index contributed by atoms with van der Waals surface area (Å²) in [4.78, 5) is 23.2. The van der Waals surface area contributed by atoms with E-state index >= 15 is 0 Å². The quantitative estimate of drug-likeness (QED) is 0.573. The molecular weight excluding hydrogens is 222 g/mol. The van der Waals surface area contributed by atoms with Crippen molar-refractivity contribution < 1.29 is 19.1 Å². The maximum atomic E-state index is 11.6. The van der Waals surface area contributed by atoms with Crippen LogP contribution in [-0.2, 0) is 19.1 Å². The third kappa shape index (κ3) is 3.34. The molecular formula is C12H17NO4. The van der Waals surface area contributed by atoms with Crippen molar-refractivity contribution in [1.29, 1.82) is 0 Å². The van der Waals surface area contributed by atoms with Crippen LogP contribution >= 0.6 is 0 Å². The predicted molar refractivity (Wildman–Crippen MR) is 62.1 cm³/mol. The van der Waals surface area contributed by atoms with Crippen LogP contribution in [0.25, 0.3) is 0 Å². The Labute approximate surface area is 100 Å². The lowest BCUT2D eigenvalue weighted by molar-refractivity contribution is -0.139. The van der Waals surface area contributed by atoms with E-state index in [1.165, 1.54) is 19.8 Å². The largest absolute Gasteiger partial charge is 0.466 e. The van der Waals surface area contributed by atoms with E-state index in [1.54, 1.807) is 0 Å². The molecule has 0 aromatic carbocycles. The Morgan fingerprint density at radius 2 is 1.88 bits per heavy atom. The highest BCUT2D eigenvalue weighted by Crippen LogP contribution is 2.16. The zero-order valence-electron chi connectivity index (χ0n) is 10.3. The lowest BCUT2D eigenvalue weighted by Gasteiger charge is -2.16. The van der Waals surface area contributed by atoms with E-state index in [2.05, 4.69) is 14.8 Å². The third-order valence-electron chi connectivity index (χ3n) is 2.60. The van der Waals surface area contributed by atoms with Crippen molar-refractivity contribution in [2.45, 2.75) is 19.8 Å². The number of nitrogens with one attached hydrogen (secondary N) is 1. The molecule has 0 fully saturated rings. The number of carbonyl (C=O) groups is 2. The summed E-state index contributed by atoms with van der Waals surface area (Å²) < 4.78 is 9.32. The second-order valence-electron chi connectivity index (χ2n) is 3.77. The molecule has 0 unspecified atom stereocenters. The molecule has 1 heterocycles. The van der Waals surface area contributed by atoms with Gasteiger partial charge in [-0.1, -0.05) is 11.6 Å². The molecule has 0 aromatic heterocycles. The van der Waals surface area contributed by atoms with Crippen LogP contribution in [0.1, 0.15) is 19.8 Å². The van der Waals surface area contributed by atoms with Crippen LogP contribution in [0.5, 0.6) is 0 Å². The van der Waals surface area contributed by atoms with Gasteiger partial charge in [0.05, 0.1) is 19.8 Å². The SMILES string of the molecule is COC(=O)C1=C(C(=O)OC)NCCC(C)=CC1. The number of ether oxygens (including phenoxy) is 2. The lowest BCUT2D eigenvalue weighted by atomic mass is 10.0. The van der Waals surface area contributed by atoms with Crippen LogP contribution in [0.2, 0.25) is 0 Å². The first kappa shape index (κ1) is 13.3. The minimum absolute atomic E-state index is 0.197. The monoisotopic (exact) mass is 239 g/mol. The summed E-state index contributed by atoms with van der Waals surface area (Å²) in [6.45, 7) is 2.58. The molecule has 94 valence electrons. The Morgan fingerprint density at radius 3 is 2.47 bits per heavy atom. The summed E-state index contributed by atoms with van der Waals surface area (Å²) >= 11 is 0. The van der Waals surface area contributed by atoms with Crippen molar-refractivity contribution in [2.75, 3.05) is 20.8 Å². The van der Waals surface area contributed by atoms with E-state index < -0.39 is 11.9 Å². The second kappa shape index (κ2) is 6.08. The normalized spacial score (nSPS) is 16.3. The third-order valence-corrected chi connectivity index (χ3v) is 2.60. The van der Waals surface area contributed by atoms with Gasteiger partial charge in [-0.25, -0.2) is 9.59 Å². The van der Waals surface area contributed by atoms with E-state index in [1.807, 2.05) is 13.0 Å². The molecule has 0 amide bonds. The summed E-state index contributed by atoms with van der Waals surface area (Å²) in [5.74, 6) is -1.05. The molecule has 0 saturated heterocycles. The van der Waals surface area contributed by atoms with Crippen LogP contribution in [0.3, 0.4) is 0 Å². The smallest absolute Gasteiger partial charge is 0.354 e. The van der Waals surface area contributed by atoms with Gasteiger partial charge >= 0.3 is 11.9 Å². The van der Waals surface area contributed by atoms with Gasteiger partial charge in [0.1, 0.15) is 5.70 Å². The molecule has 0 radical (unpaired) electrons. The van der Waals surface area contributed by atoms with E-state index in [-0.39, 0.29) is 5.70 Å². The van der Waals surface area contributed by atoms with E-state index in [9.17, 15) is 9.59 Å². The average Bonchev–Trinajstić information content (AvgIpc) is 2.32. The Kier molecular flexibility index (Phi) is 4.75. The molecule has 5 nitrogen and oxygen atoms in total. The maximum absolute atomic E-state index is 11.6. The van der Waals surface area contributed by atoms with Gasteiger partial charge in [0.25, 0.3) is 0 Å². The Balaban J connectivity index is 3.12. The highest BCUT2D eigenvalue weighted by Gasteiger charge is 2.22. The van der Waals surface area contributed by atoms with Crippen molar-refractivity contribution in [3.8, 4) is 0 Å². The van der Waals surface area contributed by atoms with Gasteiger partial charge < -0.3 is 14.8 Å². The van der Waals surface area contributed by atoms with Crippen LogP contribution in [0.4, 0.5) is 0 Å². The summed E-state index contributed by atoms with van der Waals surface area (Å²) in [6, 6.07) is 0. The number of methoxy groups -OCH3 is 2. The van der Waals surface area contributed by atoms with Crippen LogP contribution < -0.4 is 5.32 Å². The number of allylic oxidation sites excluding steroid dienone is 1. The summed E-state index contributed by atoms with van der Waals surface area (Å²) in [7, 11) is 2.57. The van der Waals surface area contributed by atoms with Crippen molar-refractivity contribution in [3.05, 3.63) is 22.9 Å². The topological polar surface area (TPSA) is 64.6 Å². The summed E-state index contributed by atoms with van der Waals surface area (Å²) in [5.41, 5.74) is 1.67. The minimum atomic E-state index is -0.543. The Hall–Kier alpha value is -1.78. The number of hydrogen-bond donors (Lipinski definition) is 1. The fraction of sp³-hybridized carbons (Fsp3) is 0.500. The van der Waals surface area contributed by atoms with Gasteiger partial charge in [0.15, 0.2) is 0 Å². The fourth-order valence-corrected chi connectivity index (χ4v) is 1.58. The average molecular weight is 239 g/mol. The van der Waals surface area contributed by atoms with Crippen molar-refractivity contribution >= 4 is 11.9 Å². The van der Waals surface area contributed by atoms with Crippen LogP contribution in [0, 0.1) is 0 Å². The molecule has 0 atom stereocenters. The number of hydrogen-bond acceptors (Lipinski definition) is 5. The maximum Gasteiger partial charge on any atom is 0.354 e. The van der Waals surface area contributed by atoms with E-state index in [0.717, 1.165) is 6.42 Å². The molecule has 1 N–H and O–H groups in total. The number of carbonyl (C=O) groups excluding carboxylic acids is 2. The highest BCUT2D eigenvalue weighted by atomic mass is 16.5. The van der Waals surface area contributed by atoms with Gasteiger partial charge in [-0.2, -0.15) is 0 Å². The first-order valence-electron chi connectivity index (χ1n) is 5.39. The first-order valence-corrected chi connectivity index (χ1v) is 5.39. The second-order valence-corrected chi connectivity index (χ2v) is 3.77. The molecule has 0 aromatic rings. The van der Waals surface area contributed by atoms with Crippen molar-refractivity contribution in [1.82, 2.24) is 5.32 Å². The molecule has 0 saturated carbocycles. The summed E-state index contributed by atoms with van der Waals surface area (Å²) in [5, 5.41) is 2.93. The minimum Gasteiger partial charge on any atom is -0.466 e. The molecule has 5 heteroatoms. The molecule has 0 spiro atoms. The van der Waals surface area contributed by atoms with Gasteiger partial charge in [-0.15, -0.1) is 0 Å². The zero-order valence-corrected chi connectivity index (χ0v) is 10.3. The van der Waals surface area contributed by atoms with Crippen LogP contribution in [0.15, 0.2) is 22.9 Å². The first-order chi connectivity index (χ1) is 8.10. The molecule has 1 rings (SSSR count). The van der Waals surface area contributed by atoms with Crippen molar-refractivity contribution in [3.63, 3.8) is 0 Å². The standard InChI is InChI=1S/C12H17NO4/c1-8-4-5-9(11(14)16-2)10(12(15)17-3)13-7-6-8/h4,13H,5-7H2,1-3H3. The Bertz CT molecular complexity index is 382. The molecule has 0 bridgehead atoms. The van der Waals surface area contributed by atoms with E-state index in [4.69, 9.17) is 0 Å².